The fourth-order valence-electron chi connectivity index (χ4n) is 2.14. The fourth-order valence-corrected chi connectivity index (χ4v) is 3.02. The molecule has 3 aromatic rings. The van der Waals surface area contributed by atoms with E-state index >= 15 is 0 Å². The lowest BCUT2D eigenvalue weighted by atomic mass is 10.2. The van der Waals surface area contributed by atoms with Crippen LogP contribution in [0.4, 0.5) is 24.5 Å². The van der Waals surface area contributed by atoms with Crippen LogP contribution < -0.4 is 10.6 Å². The number of nitrogens with one attached hydrogen (secondary N) is 2. The molecule has 0 unspecified atom stereocenters. The maximum absolute atomic E-state index is 12.2. The largest absolute Gasteiger partial charge is 0.471 e. The summed E-state index contributed by atoms with van der Waals surface area (Å²) in [6.07, 6.45) is -4.37. The topological polar surface area (TPSA) is 101 Å². The van der Waals surface area contributed by atoms with Crippen molar-refractivity contribution in [2.24, 2.45) is 0 Å². The van der Waals surface area contributed by atoms with Gasteiger partial charge in [0.05, 0.1) is 0 Å². The smallest absolute Gasteiger partial charge is 0.326 e. The molecular weight excluding hydrogens is 385 g/mol. The highest BCUT2D eigenvalue weighted by Gasteiger charge is 2.38. The third-order valence-corrected chi connectivity index (χ3v) is 4.40. The summed E-state index contributed by atoms with van der Waals surface area (Å²) in [6, 6.07) is 5.34. The molecule has 0 radical (unpaired) electrons. The van der Waals surface area contributed by atoms with Gasteiger partial charge in [-0.25, -0.2) is 0 Å². The Balaban J connectivity index is 1.52. The molecule has 0 atom stereocenters. The summed E-state index contributed by atoms with van der Waals surface area (Å²) in [5.41, 5.74) is 0.379. The Morgan fingerprint density at radius 1 is 1.11 bits per heavy atom. The van der Waals surface area contributed by atoms with Crippen LogP contribution in [0.25, 0.3) is 4.96 Å². The number of carbonyl (C=O) groups is 2. The van der Waals surface area contributed by atoms with Gasteiger partial charge in [0.2, 0.25) is 10.9 Å². The van der Waals surface area contributed by atoms with Crippen LogP contribution in [0, 0.1) is 6.92 Å². The molecule has 0 saturated carbocycles. The van der Waals surface area contributed by atoms with Gasteiger partial charge in [-0.3, -0.25) is 9.59 Å². The molecule has 3 rings (SSSR count). The summed E-state index contributed by atoms with van der Waals surface area (Å²) in [6.45, 7) is 1.77. The van der Waals surface area contributed by atoms with Crippen LogP contribution >= 0.6 is 11.3 Å². The van der Waals surface area contributed by atoms with E-state index in [-0.39, 0.29) is 18.0 Å². The molecule has 2 aromatic heterocycles. The van der Waals surface area contributed by atoms with Gasteiger partial charge < -0.3 is 10.6 Å². The van der Waals surface area contributed by atoms with Crippen LogP contribution in [0.2, 0.25) is 0 Å². The highest BCUT2D eigenvalue weighted by atomic mass is 32.1. The van der Waals surface area contributed by atoms with Gasteiger partial charge in [0, 0.05) is 24.2 Å². The minimum Gasteiger partial charge on any atom is -0.326 e. The van der Waals surface area contributed by atoms with E-state index in [1.165, 1.54) is 35.6 Å². The summed E-state index contributed by atoms with van der Waals surface area (Å²) >= 11 is 1.34. The van der Waals surface area contributed by atoms with Gasteiger partial charge in [-0.2, -0.15) is 22.8 Å². The van der Waals surface area contributed by atoms with E-state index in [4.69, 9.17) is 0 Å². The first-order chi connectivity index (χ1) is 12.7. The zero-order valence-corrected chi connectivity index (χ0v) is 14.7. The van der Waals surface area contributed by atoms with Crippen LogP contribution in [0.5, 0.6) is 0 Å². The van der Waals surface area contributed by atoms with E-state index in [9.17, 15) is 22.8 Å². The molecule has 8 nitrogen and oxygen atoms in total. The van der Waals surface area contributed by atoms with Crippen molar-refractivity contribution < 1.29 is 22.8 Å². The number of anilines is 2. The maximum Gasteiger partial charge on any atom is 0.471 e. The lowest BCUT2D eigenvalue weighted by molar-refractivity contribution is -0.167. The molecule has 2 N–H and O–H groups in total. The number of fused-ring (bicyclic) bond motifs is 1. The summed E-state index contributed by atoms with van der Waals surface area (Å²) in [5, 5.41) is 17.2. The minimum atomic E-state index is -4.96. The minimum absolute atomic E-state index is 0.0227. The molecule has 0 bridgehead atoms. The van der Waals surface area contributed by atoms with Crippen molar-refractivity contribution in [3.05, 3.63) is 35.1 Å². The van der Waals surface area contributed by atoms with Crippen molar-refractivity contribution in [2.45, 2.75) is 25.9 Å². The van der Waals surface area contributed by atoms with E-state index in [2.05, 4.69) is 20.6 Å². The van der Waals surface area contributed by atoms with E-state index in [0.29, 0.717) is 22.9 Å². The number of hydrogen-bond donors (Lipinski definition) is 2. The summed E-state index contributed by atoms with van der Waals surface area (Å²) in [7, 11) is 0. The molecule has 0 saturated heterocycles. The molecule has 0 aliphatic heterocycles. The second kappa shape index (κ2) is 7.31. The SMILES string of the molecule is Cc1nnc2sc(CCC(=O)Nc3ccc(NC(=O)C(F)(F)F)cc3)nn12. The molecule has 0 aliphatic carbocycles. The first kappa shape index (κ1) is 18.8. The third-order valence-electron chi connectivity index (χ3n) is 3.44. The second-order valence-corrected chi connectivity index (χ2v) is 6.56. The number of halogens is 3. The number of alkyl halides is 3. The highest BCUT2D eigenvalue weighted by Crippen LogP contribution is 2.20. The standard InChI is InChI=1S/C15H13F3N6O2S/c1-8-21-22-14-24(8)23-12(27-14)7-6-11(25)19-9-2-4-10(5-3-9)20-13(26)15(16,17)18/h2-5H,6-7H2,1H3,(H,19,25)(H,20,26). The normalized spacial score (nSPS) is 11.6. The Morgan fingerprint density at radius 3 is 2.33 bits per heavy atom. The van der Waals surface area contributed by atoms with Gasteiger partial charge in [-0.15, -0.1) is 10.2 Å². The fraction of sp³-hybridized carbons (Fsp3) is 0.267. The van der Waals surface area contributed by atoms with Crippen molar-refractivity contribution in [1.82, 2.24) is 19.8 Å². The van der Waals surface area contributed by atoms with Crippen molar-refractivity contribution in [1.29, 1.82) is 0 Å². The zero-order valence-electron chi connectivity index (χ0n) is 13.9. The quantitative estimate of drug-likeness (QED) is 0.688. The number of carbonyl (C=O) groups excluding carboxylic acids is 2. The van der Waals surface area contributed by atoms with Crippen molar-refractivity contribution in [3.8, 4) is 0 Å². The number of hydrogen-bond acceptors (Lipinski definition) is 6. The van der Waals surface area contributed by atoms with E-state index in [0.717, 1.165) is 5.01 Å². The summed E-state index contributed by atoms with van der Waals surface area (Å²) in [4.78, 5) is 23.5. The van der Waals surface area contributed by atoms with E-state index in [1.807, 2.05) is 0 Å². The van der Waals surface area contributed by atoms with Crippen LogP contribution in [0.15, 0.2) is 24.3 Å². The highest BCUT2D eigenvalue weighted by molar-refractivity contribution is 7.16. The molecule has 12 heteroatoms. The van der Waals surface area contributed by atoms with Crippen LogP contribution in [0.1, 0.15) is 17.3 Å². The van der Waals surface area contributed by atoms with E-state index in [1.54, 1.807) is 16.8 Å². The molecule has 0 fully saturated rings. The molecule has 0 aliphatic rings. The number of rotatable bonds is 5. The predicted molar refractivity (Wildman–Crippen MR) is 91.5 cm³/mol. The Hall–Kier alpha value is -3.02. The van der Waals surface area contributed by atoms with Crippen molar-refractivity contribution in [2.75, 3.05) is 10.6 Å². The molecule has 0 spiro atoms. The van der Waals surface area contributed by atoms with Gasteiger partial charge in [0.25, 0.3) is 0 Å². The Labute approximate surface area is 154 Å². The molecule has 27 heavy (non-hydrogen) atoms. The summed E-state index contributed by atoms with van der Waals surface area (Å²) < 4.78 is 38.2. The van der Waals surface area contributed by atoms with Gasteiger partial charge in [0.1, 0.15) is 5.01 Å². The average molecular weight is 398 g/mol. The first-order valence-corrected chi connectivity index (χ1v) is 8.50. The van der Waals surface area contributed by atoms with Gasteiger partial charge in [0.15, 0.2) is 5.82 Å². The third kappa shape index (κ3) is 4.58. The van der Waals surface area contributed by atoms with Gasteiger partial charge in [-0.1, -0.05) is 11.3 Å². The second-order valence-electron chi connectivity index (χ2n) is 5.51. The molecule has 142 valence electrons. The van der Waals surface area contributed by atoms with Crippen LogP contribution in [-0.2, 0) is 16.0 Å². The van der Waals surface area contributed by atoms with E-state index < -0.39 is 12.1 Å². The van der Waals surface area contributed by atoms with Crippen LogP contribution in [0.3, 0.4) is 0 Å². The lowest BCUT2D eigenvalue weighted by Gasteiger charge is -2.09. The summed E-state index contributed by atoms with van der Waals surface area (Å²) in [5.74, 6) is -1.67. The Morgan fingerprint density at radius 2 is 1.74 bits per heavy atom. The Bertz CT molecular complexity index is 980. The first-order valence-electron chi connectivity index (χ1n) is 7.68. The predicted octanol–water partition coefficient (Wildman–Crippen LogP) is 2.57. The molecule has 2 amide bonds. The zero-order chi connectivity index (χ0) is 19.6. The lowest BCUT2D eigenvalue weighted by Crippen LogP contribution is -2.29. The Kier molecular flexibility index (Phi) is 5.08. The van der Waals surface area contributed by atoms with Gasteiger partial charge >= 0.3 is 12.1 Å². The van der Waals surface area contributed by atoms with Gasteiger partial charge in [-0.05, 0) is 31.2 Å². The number of benzene rings is 1. The molecular formula is C15H13F3N6O2S. The number of aryl methyl sites for hydroxylation is 2. The average Bonchev–Trinajstić information content (AvgIpc) is 3.16. The van der Waals surface area contributed by atoms with Crippen molar-refractivity contribution in [3.63, 3.8) is 0 Å². The number of nitrogens with zero attached hydrogens (tertiary/aromatic N) is 4. The van der Waals surface area contributed by atoms with Crippen LogP contribution in [-0.4, -0.2) is 37.8 Å². The number of amides is 2. The van der Waals surface area contributed by atoms with Crippen molar-refractivity contribution >= 4 is 39.5 Å². The monoisotopic (exact) mass is 398 g/mol. The molecule has 2 heterocycles. The maximum atomic E-state index is 12.2. The molecule has 1 aromatic carbocycles. The number of aromatic nitrogens is 4.